The van der Waals surface area contributed by atoms with Gasteiger partial charge in [0.1, 0.15) is 0 Å². The maximum atomic E-state index is 2.59. The normalized spacial score (nSPS) is 29.3. The quantitative estimate of drug-likeness (QED) is 0.512. The van der Waals surface area contributed by atoms with Crippen LogP contribution in [0.4, 0.5) is 0 Å². The molecule has 0 bridgehead atoms. The monoisotopic (exact) mass is 192 g/mol. The van der Waals surface area contributed by atoms with Gasteiger partial charge in [-0.05, 0) is 5.54 Å². The second-order valence-electron chi connectivity index (χ2n) is 5.20. The molecule has 1 rings (SSSR count). The van der Waals surface area contributed by atoms with Crippen molar-refractivity contribution in [1.29, 1.82) is 0 Å². The fourth-order valence-corrected chi connectivity index (χ4v) is 4.84. The van der Waals surface area contributed by atoms with Crippen LogP contribution < -0.4 is 0 Å². The Morgan fingerprint density at radius 1 is 0.923 bits per heavy atom. The molecule has 0 aromatic heterocycles. The van der Waals surface area contributed by atoms with E-state index in [9.17, 15) is 0 Å². The van der Waals surface area contributed by atoms with Crippen LogP contribution in [0, 0.1) is 0 Å². The zero-order valence-corrected chi connectivity index (χ0v) is 10.0. The van der Waals surface area contributed by atoms with Gasteiger partial charge in [-0.1, -0.05) is 64.6 Å². The molecular weight excluding hydrogens is 167 g/mol. The van der Waals surface area contributed by atoms with E-state index in [1.807, 2.05) is 0 Å². The third-order valence-electron chi connectivity index (χ3n) is 3.79. The fourth-order valence-electron chi connectivity index (χ4n) is 2.20. The molecule has 1 aliphatic heterocycles. The summed E-state index contributed by atoms with van der Waals surface area (Å²) < 4.78 is 0. The van der Waals surface area contributed by atoms with Gasteiger partial charge < -0.3 is 0 Å². The molecule has 0 radical (unpaired) electrons. The predicted molar refractivity (Wildman–Crippen MR) is 66.6 cm³/mol. The molecule has 1 fully saturated rings. The molecule has 13 heavy (non-hydrogen) atoms. The first-order chi connectivity index (χ1) is 5.63. The van der Waals surface area contributed by atoms with Crippen LogP contribution in [0.5, 0.6) is 0 Å². The molecular formula is C11H25LiSi. The number of hydrogen-bond acceptors (Lipinski definition) is 0. The van der Waals surface area contributed by atoms with Crippen LogP contribution in [-0.2, 0) is 0 Å². The van der Waals surface area contributed by atoms with Crippen molar-refractivity contribution in [3.05, 3.63) is 0 Å². The van der Waals surface area contributed by atoms with Crippen molar-refractivity contribution in [1.82, 2.24) is 0 Å². The van der Waals surface area contributed by atoms with Crippen molar-refractivity contribution in [3.8, 4) is 0 Å². The topological polar surface area (TPSA) is 0 Å². The molecule has 1 saturated heterocycles. The molecule has 0 spiro atoms. The molecule has 0 aromatic carbocycles. The molecule has 1 atom stereocenters. The van der Waals surface area contributed by atoms with Gasteiger partial charge in [-0.3, -0.25) is 0 Å². The van der Waals surface area contributed by atoms with Gasteiger partial charge in [0, 0.05) is 0 Å². The zero-order valence-electron chi connectivity index (χ0n) is 9.03. The summed E-state index contributed by atoms with van der Waals surface area (Å²) >= 11 is 0. The van der Waals surface area contributed by atoms with Crippen LogP contribution in [0.25, 0.3) is 0 Å². The molecule has 74 valence electrons. The van der Waals surface area contributed by atoms with E-state index in [4.69, 9.17) is 0 Å². The van der Waals surface area contributed by atoms with E-state index in [1.165, 1.54) is 38.5 Å². The third-order valence-corrected chi connectivity index (χ3v) is 8.39. The van der Waals surface area contributed by atoms with E-state index in [2.05, 4.69) is 20.0 Å². The van der Waals surface area contributed by atoms with Crippen LogP contribution in [0.15, 0.2) is 0 Å². The molecule has 2 heteroatoms. The van der Waals surface area contributed by atoms with Crippen LogP contribution in [0.1, 0.15) is 45.4 Å². The van der Waals surface area contributed by atoms with E-state index >= 15 is 0 Å². The molecule has 0 aromatic rings. The van der Waals surface area contributed by atoms with E-state index in [0.717, 1.165) is 5.54 Å². The molecule has 1 unspecified atom stereocenters. The third kappa shape index (κ3) is 4.72. The Balaban J connectivity index is 0.00000144. The number of rotatable bonds is 0. The van der Waals surface area contributed by atoms with Crippen molar-refractivity contribution in [2.45, 2.75) is 70.1 Å². The molecule has 0 amide bonds. The van der Waals surface area contributed by atoms with Gasteiger partial charge in [0.2, 0.25) is 0 Å². The standard InChI is InChI=1S/C11H24Si.Li.H/c1-11-9-7-5-4-6-8-10-12(11,2)3;;/h11H,4-10H2,1-3H3;;. The van der Waals surface area contributed by atoms with Gasteiger partial charge in [0.25, 0.3) is 0 Å². The molecule has 0 aliphatic carbocycles. The van der Waals surface area contributed by atoms with Crippen molar-refractivity contribution in [3.63, 3.8) is 0 Å². The van der Waals surface area contributed by atoms with Crippen LogP contribution in [0.2, 0.25) is 24.7 Å². The van der Waals surface area contributed by atoms with E-state index in [0.29, 0.717) is 0 Å². The van der Waals surface area contributed by atoms with Gasteiger partial charge in [-0.15, -0.1) is 0 Å². The Kier molecular flexibility index (Phi) is 6.72. The van der Waals surface area contributed by atoms with Gasteiger partial charge in [0.15, 0.2) is 0 Å². The molecule has 0 nitrogen and oxygen atoms in total. The van der Waals surface area contributed by atoms with Crippen LogP contribution >= 0.6 is 0 Å². The molecule has 1 aliphatic rings. The minimum atomic E-state index is -0.809. The Bertz CT molecular complexity index is 134. The summed E-state index contributed by atoms with van der Waals surface area (Å²) in [4.78, 5) is 0. The number of hydrogen-bond donors (Lipinski definition) is 0. The zero-order chi connectivity index (χ0) is 9.03. The Morgan fingerprint density at radius 2 is 1.46 bits per heavy atom. The Morgan fingerprint density at radius 3 is 2.15 bits per heavy atom. The van der Waals surface area contributed by atoms with Crippen molar-refractivity contribution >= 4 is 26.9 Å². The van der Waals surface area contributed by atoms with Crippen molar-refractivity contribution in [2.75, 3.05) is 0 Å². The second-order valence-corrected chi connectivity index (χ2v) is 10.7. The van der Waals surface area contributed by atoms with E-state index < -0.39 is 8.07 Å². The average molecular weight is 192 g/mol. The summed E-state index contributed by atoms with van der Waals surface area (Å²) in [6.07, 6.45) is 9.02. The van der Waals surface area contributed by atoms with Gasteiger partial charge in [-0.2, -0.15) is 0 Å². The SMILES string of the molecule is CC1CCCCCCC[Si]1(C)C.[LiH]. The van der Waals surface area contributed by atoms with Gasteiger partial charge in [-0.25, -0.2) is 0 Å². The Labute approximate surface area is 97.1 Å². The maximum absolute atomic E-state index is 2.59. The first-order valence-corrected chi connectivity index (χ1v) is 8.91. The van der Waals surface area contributed by atoms with Crippen LogP contribution in [-0.4, -0.2) is 26.9 Å². The Hall–Kier alpha value is 0.814. The predicted octanol–water partition coefficient (Wildman–Crippen LogP) is 3.79. The summed E-state index contributed by atoms with van der Waals surface area (Å²) in [5, 5.41) is 0. The molecule has 1 heterocycles. The first kappa shape index (κ1) is 13.8. The van der Waals surface area contributed by atoms with Crippen LogP contribution in [0.3, 0.4) is 0 Å². The first-order valence-electron chi connectivity index (χ1n) is 5.63. The summed E-state index contributed by atoms with van der Waals surface area (Å²) in [6, 6.07) is 1.58. The van der Waals surface area contributed by atoms with E-state index in [-0.39, 0.29) is 18.9 Å². The summed E-state index contributed by atoms with van der Waals surface area (Å²) in [7, 11) is -0.809. The molecule has 0 saturated carbocycles. The summed E-state index contributed by atoms with van der Waals surface area (Å²) in [6.45, 7) is 7.67. The van der Waals surface area contributed by atoms with Gasteiger partial charge in [0.05, 0.1) is 8.07 Å². The second kappa shape index (κ2) is 6.33. The van der Waals surface area contributed by atoms with Gasteiger partial charge >= 0.3 is 18.9 Å². The fraction of sp³-hybridized carbons (Fsp3) is 1.00. The minimum absolute atomic E-state index is 0. The average Bonchev–Trinajstić information content (AvgIpc) is 2.06. The van der Waals surface area contributed by atoms with Crippen molar-refractivity contribution in [2.24, 2.45) is 0 Å². The van der Waals surface area contributed by atoms with E-state index in [1.54, 1.807) is 6.04 Å². The summed E-state index contributed by atoms with van der Waals surface area (Å²) in [5.41, 5.74) is 1.07. The van der Waals surface area contributed by atoms with Crippen molar-refractivity contribution < 1.29 is 0 Å². The summed E-state index contributed by atoms with van der Waals surface area (Å²) in [5.74, 6) is 0. The molecule has 0 N–H and O–H groups in total.